The van der Waals surface area contributed by atoms with E-state index in [9.17, 15) is 9.18 Å². The van der Waals surface area contributed by atoms with Crippen LogP contribution in [0.3, 0.4) is 0 Å². The first-order valence-electron chi connectivity index (χ1n) is 5.74. The second-order valence-corrected chi connectivity index (χ2v) is 4.85. The molecule has 0 saturated heterocycles. The highest BCUT2D eigenvalue weighted by Gasteiger charge is 2.02. The van der Waals surface area contributed by atoms with Gasteiger partial charge in [-0.2, -0.15) is 0 Å². The van der Waals surface area contributed by atoms with Gasteiger partial charge in [0.05, 0.1) is 5.69 Å². The average Bonchev–Trinajstić information content (AvgIpc) is 2.42. The molecule has 5 heteroatoms. The molecule has 102 valence electrons. The molecule has 0 fully saturated rings. The second kappa shape index (κ2) is 6.55. The van der Waals surface area contributed by atoms with Crippen LogP contribution in [0.2, 0.25) is 10.0 Å². The summed E-state index contributed by atoms with van der Waals surface area (Å²) in [5, 5.41) is 3.57. The van der Waals surface area contributed by atoms with Gasteiger partial charge in [-0.25, -0.2) is 4.39 Å². The van der Waals surface area contributed by atoms with Crippen LogP contribution in [-0.4, -0.2) is 5.78 Å². The molecule has 0 unspecified atom stereocenters. The maximum atomic E-state index is 13.5. The summed E-state index contributed by atoms with van der Waals surface area (Å²) >= 11 is 11.4. The molecule has 0 spiro atoms. The van der Waals surface area contributed by atoms with Crippen molar-refractivity contribution in [3.63, 3.8) is 0 Å². The van der Waals surface area contributed by atoms with Crippen LogP contribution in [0.15, 0.2) is 54.7 Å². The van der Waals surface area contributed by atoms with Crippen molar-refractivity contribution in [2.75, 3.05) is 5.32 Å². The van der Waals surface area contributed by atoms with Crippen LogP contribution < -0.4 is 5.32 Å². The lowest BCUT2D eigenvalue weighted by molar-refractivity contribution is 0.104. The zero-order valence-corrected chi connectivity index (χ0v) is 11.8. The van der Waals surface area contributed by atoms with Crippen LogP contribution >= 0.6 is 23.2 Å². The number of hydrogen-bond donors (Lipinski definition) is 1. The van der Waals surface area contributed by atoms with Gasteiger partial charge < -0.3 is 5.32 Å². The molecule has 0 aliphatic carbocycles. The molecule has 2 aromatic carbocycles. The first-order chi connectivity index (χ1) is 9.56. The lowest BCUT2D eigenvalue weighted by atomic mass is 10.1. The van der Waals surface area contributed by atoms with Crippen molar-refractivity contribution in [3.8, 4) is 0 Å². The van der Waals surface area contributed by atoms with Gasteiger partial charge in [0, 0.05) is 27.9 Å². The molecule has 0 saturated carbocycles. The van der Waals surface area contributed by atoms with Crippen molar-refractivity contribution in [1.29, 1.82) is 0 Å². The minimum Gasteiger partial charge on any atom is -0.359 e. The smallest absolute Gasteiger partial charge is 0.187 e. The molecule has 0 aromatic heterocycles. The Balaban J connectivity index is 2.02. The Hall–Kier alpha value is -1.84. The summed E-state index contributed by atoms with van der Waals surface area (Å²) in [7, 11) is 0. The quantitative estimate of drug-likeness (QED) is 0.640. The molecule has 2 nitrogen and oxygen atoms in total. The van der Waals surface area contributed by atoms with E-state index in [1.54, 1.807) is 30.3 Å². The number of allylic oxidation sites excluding steroid dienone is 1. The summed E-state index contributed by atoms with van der Waals surface area (Å²) in [6.07, 6.45) is 2.69. The largest absolute Gasteiger partial charge is 0.359 e. The highest BCUT2D eigenvalue weighted by molar-refractivity contribution is 6.31. The van der Waals surface area contributed by atoms with Gasteiger partial charge in [-0.1, -0.05) is 23.2 Å². The van der Waals surface area contributed by atoms with Crippen LogP contribution in [0.25, 0.3) is 0 Å². The first kappa shape index (κ1) is 14.6. The number of carbonyl (C=O) groups is 1. The molecular formula is C15H10Cl2FNO. The summed E-state index contributed by atoms with van der Waals surface area (Å²) in [4.78, 5) is 11.8. The van der Waals surface area contributed by atoms with E-state index in [1.807, 2.05) is 0 Å². The third-order valence-corrected chi connectivity index (χ3v) is 3.02. The molecule has 0 bridgehead atoms. The fourth-order valence-corrected chi connectivity index (χ4v) is 1.81. The van der Waals surface area contributed by atoms with Crippen molar-refractivity contribution in [2.24, 2.45) is 0 Å². The van der Waals surface area contributed by atoms with Gasteiger partial charge in [-0.3, -0.25) is 4.79 Å². The number of ketones is 1. The lowest BCUT2D eigenvalue weighted by Crippen LogP contribution is -1.97. The number of nitrogens with one attached hydrogen (secondary N) is 1. The zero-order valence-electron chi connectivity index (χ0n) is 10.2. The first-order valence-corrected chi connectivity index (χ1v) is 6.50. The Morgan fingerprint density at radius 3 is 2.35 bits per heavy atom. The van der Waals surface area contributed by atoms with Crippen molar-refractivity contribution in [1.82, 2.24) is 0 Å². The highest BCUT2D eigenvalue weighted by Crippen LogP contribution is 2.18. The minimum atomic E-state index is -0.485. The van der Waals surface area contributed by atoms with E-state index < -0.39 is 5.82 Å². The number of anilines is 1. The number of benzene rings is 2. The molecule has 2 aromatic rings. The van der Waals surface area contributed by atoms with Crippen molar-refractivity contribution >= 4 is 34.7 Å². The van der Waals surface area contributed by atoms with E-state index in [2.05, 4.69) is 5.32 Å². The van der Waals surface area contributed by atoms with Crippen LogP contribution in [0.4, 0.5) is 10.1 Å². The van der Waals surface area contributed by atoms with Crippen molar-refractivity contribution < 1.29 is 9.18 Å². The molecule has 0 radical (unpaired) electrons. The van der Waals surface area contributed by atoms with Gasteiger partial charge in [0.25, 0.3) is 0 Å². The fourth-order valence-electron chi connectivity index (χ4n) is 1.52. The van der Waals surface area contributed by atoms with Gasteiger partial charge in [0.15, 0.2) is 5.78 Å². The summed E-state index contributed by atoms with van der Waals surface area (Å²) in [6, 6.07) is 10.8. The van der Waals surface area contributed by atoms with E-state index in [1.165, 1.54) is 24.4 Å². The molecule has 0 amide bonds. The Morgan fingerprint density at radius 1 is 1.05 bits per heavy atom. The lowest BCUT2D eigenvalue weighted by Gasteiger charge is -2.02. The average molecular weight is 310 g/mol. The van der Waals surface area contributed by atoms with Gasteiger partial charge in [-0.05, 0) is 42.5 Å². The Labute approximate surface area is 125 Å². The number of carbonyl (C=O) groups excluding carboxylic acids is 1. The van der Waals surface area contributed by atoms with Gasteiger partial charge in [-0.15, -0.1) is 0 Å². The highest BCUT2D eigenvalue weighted by atomic mass is 35.5. The number of hydrogen-bond acceptors (Lipinski definition) is 2. The minimum absolute atomic E-state index is 0.205. The molecule has 20 heavy (non-hydrogen) atoms. The Bertz CT molecular complexity index is 653. The molecule has 0 aliphatic heterocycles. The molecule has 2 rings (SSSR count). The van der Waals surface area contributed by atoms with Crippen LogP contribution in [0.5, 0.6) is 0 Å². The third kappa shape index (κ3) is 3.83. The van der Waals surface area contributed by atoms with Gasteiger partial charge in [0.1, 0.15) is 5.82 Å². The predicted octanol–water partition coefficient (Wildman–Crippen LogP) is 4.94. The SMILES string of the molecule is O=C(/C=C/Nc1ccc(Cl)cc1F)c1ccc(Cl)cc1. The Kier molecular flexibility index (Phi) is 4.77. The topological polar surface area (TPSA) is 29.1 Å². The van der Waals surface area contributed by atoms with Crippen molar-refractivity contribution in [2.45, 2.75) is 0 Å². The summed E-state index contributed by atoms with van der Waals surface area (Å²) in [5.41, 5.74) is 0.749. The summed E-state index contributed by atoms with van der Waals surface area (Å²) in [6.45, 7) is 0. The number of rotatable bonds is 4. The number of halogens is 3. The normalized spacial score (nSPS) is 10.8. The Morgan fingerprint density at radius 2 is 1.70 bits per heavy atom. The standard InChI is InChI=1S/C15H10Cl2FNO/c16-11-3-1-10(2-4-11)15(20)7-8-19-14-6-5-12(17)9-13(14)18/h1-9,19H/b8-7+. The molecule has 0 atom stereocenters. The van der Waals surface area contributed by atoms with E-state index in [4.69, 9.17) is 23.2 Å². The molecular weight excluding hydrogens is 300 g/mol. The van der Waals surface area contributed by atoms with Crippen molar-refractivity contribution in [3.05, 3.63) is 76.2 Å². The summed E-state index contributed by atoms with van der Waals surface area (Å²) in [5.74, 6) is -0.690. The van der Waals surface area contributed by atoms with E-state index in [0.717, 1.165) is 0 Å². The maximum absolute atomic E-state index is 13.5. The van der Waals surface area contributed by atoms with E-state index in [0.29, 0.717) is 15.6 Å². The summed E-state index contributed by atoms with van der Waals surface area (Å²) < 4.78 is 13.5. The molecule has 0 heterocycles. The maximum Gasteiger partial charge on any atom is 0.187 e. The van der Waals surface area contributed by atoms with Crippen LogP contribution in [0, 0.1) is 5.82 Å². The van der Waals surface area contributed by atoms with E-state index >= 15 is 0 Å². The van der Waals surface area contributed by atoms with Gasteiger partial charge in [0.2, 0.25) is 0 Å². The van der Waals surface area contributed by atoms with Crippen LogP contribution in [0.1, 0.15) is 10.4 Å². The van der Waals surface area contributed by atoms with Gasteiger partial charge >= 0.3 is 0 Å². The second-order valence-electron chi connectivity index (χ2n) is 3.97. The monoisotopic (exact) mass is 309 g/mol. The molecule has 1 N–H and O–H groups in total. The molecule has 0 aliphatic rings. The fraction of sp³-hybridized carbons (Fsp3) is 0. The van der Waals surface area contributed by atoms with Crippen LogP contribution in [-0.2, 0) is 0 Å². The predicted molar refractivity (Wildman–Crippen MR) is 80.0 cm³/mol. The third-order valence-electron chi connectivity index (χ3n) is 2.53. The van der Waals surface area contributed by atoms with E-state index in [-0.39, 0.29) is 11.5 Å². The zero-order chi connectivity index (χ0) is 14.5.